The van der Waals surface area contributed by atoms with Gasteiger partial charge >= 0.3 is 5.97 Å². The van der Waals surface area contributed by atoms with E-state index in [-0.39, 0.29) is 18.4 Å². The number of carbonyl (C=O) groups excluding carboxylic acids is 3. The standard InChI is InChI=1S/C17H32N2O6/c1-6-25-17(24)14(21)13(20)16(23)19-12(9-11(4)5)15(22)18-8-7-10(2)3/h10-14,20-21H,6-9H2,1-5H3,(H,18,22)(H,19,23)/t12-,13-,14-/m0/s1. The second-order valence-electron chi connectivity index (χ2n) is 6.81. The topological polar surface area (TPSA) is 125 Å². The summed E-state index contributed by atoms with van der Waals surface area (Å²) in [5.41, 5.74) is 0. The molecule has 0 spiro atoms. The molecule has 0 aromatic rings. The summed E-state index contributed by atoms with van der Waals surface area (Å²) in [6.45, 7) is 9.89. The molecule has 0 aliphatic carbocycles. The Hall–Kier alpha value is -1.67. The van der Waals surface area contributed by atoms with E-state index in [0.29, 0.717) is 18.9 Å². The highest BCUT2D eigenvalue weighted by Crippen LogP contribution is 2.07. The van der Waals surface area contributed by atoms with Crippen LogP contribution in [0.1, 0.15) is 47.5 Å². The highest BCUT2D eigenvalue weighted by Gasteiger charge is 2.33. The zero-order chi connectivity index (χ0) is 19.6. The molecule has 0 bridgehead atoms. The Balaban J connectivity index is 4.80. The predicted molar refractivity (Wildman–Crippen MR) is 92.5 cm³/mol. The van der Waals surface area contributed by atoms with E-state index < -0.39 is 30.1 Å². The van der Waals surface area contributed by atoms with Crippen LogP contribution in [0.15, 0.2) is 0 Å². The first-order chi connectivity index (χ1) is 11.6. The van der Waals surface area contributed by atoms with E-state index in [1.54, 1.807) is 0 Å². The van der Waals surface area contributed by atoms with Crippen LogP contribution in [0.2, 0.25) is 0 Å². The van der Waals surface area contributed by atoms with Crippen molar-refractivity contribution in [3.63, 3.8) is 0 Å². The van der Waals surface area contributed by atoms with Crippen LogP contribution in [0.4, 0.5) is 0 Å². The summed E-state index contributed by atoms with van der Waals surface area (Å²) in [6, 6.07) is -0.858. The zero-order valence-corrected chi connectivity index (χ0v) is 15.7. The lowest BCUT2D eigenvalue weighted by Crippen LogP contribution is -2.53. The van der Waals surface area contributed by atoms with Gasteiger partial charge in [-0.2, -0.15) is 0 Å². The van der Waals surface area contributed by atoms with Gasteiger partial charge in [0, 0.05) is 6.54 Å². The Morgan fingerprint density at radius 1 is 0.960 bits per heavy atom. The summed E-state index contributed by atoms with van der Waals surface area (Å²) in [4.78, 5) is 35.7. The van der Waals surface area contributed by atoms with Crippen molar-refractivity contribution in [2.24, 2.45) is 11.8 Å². The predicted octanol–water partition coefficient (Wildman–Crippen LogP) is -0.0355. The number of amides is 2. The van der Waals surface area contributed by atoms with Crippen molar-refractivity contribution in [3.05, 3.63) is 0 Å². The number of carbonyl (C=O) groups is 3. The Morgan fingerprint density at radius 2 is 1.56 bits per heavy atom. The first-order valence-corrected chi connectivity index (χ1v) is 8.70. The minimum atomic E-state index is -2.00. The van der Waals surface area contributed by atoms with Gasteiger partial charge in [0.15, 0.2) is 12.2 Å². The molecule has 0 unspecified atom stereocenters. The van der Waals surface area contributed by atoms with Crippen molar-refractivity contribution in [2.45, 2.75) is 65.7 Å². The van der Waals surface area contributed by atoms with E-state index in [4.69, 9.17) is 0 Å². The fourth-order valence-electron chi connectivity index (χ4n) is 2.07. The minimum absolute atomic E-state index is 0.0124. The minimum Gasteiger partial charge on any atom is -0.464 e. The molecule has 0 radical (unpaired) electrons. The highest BCUT2D eigenvalue weighted by atomic mass is 16.5. The number of aliphatic hydroxyl groups excluding tert-OH is 2. The van der Waals surface area contributed by atoms with E-state index in [1.807, 2.05) is 27.7 Å². The largest absolute Gasteiger partial charge is 0.464 e. The lowest BCUT2D eigenvalue weighted by molar-refractivity contribution is -0.163. The first-order valence-electron chi connectivity index (χ1n) is 8.70. The van der Waals surface area contributed by atoms with Crippen LogP contribution in [-0.4, -0.2) is 59.4 Å². The molecular weight excluding hydrogens is 328 g/mol. The Bertz CT molecular complexity index is 439. The normalized spacial score (nSPS) is 14.8. The molecular formula is C17H32N2O6. The summed E-state index contributed by atoms with van der Waals surface area (Å²) in [6.07, 6.45) is -2.83. The fourth-order valence-corrected chi connectivity index (χ4v) is 2.07. The third-order valence-corrected chi connectivity index (χ3v) is 3.46. The number of hydrogen-bond acceptors (Lipinski definition) is 6. The number of hydrogen-bond donors (Lipinski definition) is 4. The molecule has 3 atom stereocenters. The smallest absolute Gasteiger partial charge is 0.338 e. The second kappa shape index (κ2) is 11.8. The van der Waals surface area contributed by atoms with Crippen molar-refractivity contribution in [3.8, 4) is 0 Å². The van der Waals surface area contributed by atoms with Gasteiger partial charge in [-0.3, -0.25) is 9.59 Å². The van der Waals surface area contributed by atoms with Crippen LogP contribution in [0.25, 0.3) is 0 Å². The van der Waals surface area contributed by atoms with Crippen LogP contribution >= 0.6 is 0 Å². The summed E-state index contributed by atoms with van der Waals surface area (Å²) < 4.78 is 4.56. The second-order valence-corrected chi connectivity index (χ2v) is 6.81. The molecule has 0 aromatic carbocycles. The third-order valence-electron chi connectivity index (χ3n) is 3.46. The van der Waals surface area contributed by atoms with Crippen molar-refractivity contribution in [1.82, 2.24) is 10.6 Å². The third kappa shape index (κ3) is 9.40. The number of aliphatic hydroxyl groups is 2. The number of nitrogens with one attached hydrogen (secondary N) is 2. The van der Waals surface area contributed by atoms with Crippen LogP contribution in [0.3, 0.4) is 0 Å². The lowest BCUT2D eigenvalue weighted by Gasteiger charge is -2.23. The molecule has 146 valence electrons. The van der Waals surface area contributed by atoms with E-state index in [0.717, 1.165) is 6.42 Å². The van der Waals surface area contributed by atoms with Gasteiger partial charge in [0.1, 0.15) is 6.04 Å². The van der Waals surface area contributed by atoms with Crippen molar-refractivity contribution >= 4 is 17.8 Å². The van der Waals surface area contributed by atoms with Crippen LogP contribution in [0, 0.1) is 11.8 Å². The molecule has 8 heteroatoms. The summed E-state index contributed by atoms with van der Waals surface area (Å²) in [5.74, 6) is -1.90. The maximum absolute atomic E-state index is 12.3. The van der Waals surface area contributed by atoms with Gasteiger partial charge in [-0.1, -0.05) is 27.7 Å². The van der Waals surface area contributed by atoms with Gasteiger partial charge in [-0.25, -0.2) is 4.79 Å². The number of ether oxygens (including phenoxy) is 1. The molecule has 8 nitrogen and oxygen atoms in total. The van der Waals surface area contributed by atoms with Gasteiger partial charge in [-0.15, -0.1) is 0 Å². The average Bonchev–Trinajstić information content (AvgIpc) is 2.51. The molecule has 0 saturated carbocycles. The highest BCUT2D eigenvalue weighted by molar-refractivity contribution is 5.92. The molecule has 0 rings (SSSR count). The first kappa shape index (κ1) is 23.3. The molecule has 0 aromatic heterocycles. The lowest BCUT2D eigenvalue weighted by atomic mass is 10.0. The SMILES string of the molecule is CCOC(=O)[C@@H](O)[C@H](O)C(=O)N[C@@H](CC(C)C)C(=O)NCCC(C)C. The molecule has 4 N–H and O–H groups in total. The molecule has 2 amide bonds. The monoisotopic (exact) mass is 360 g/mol. The van der Waals surface area contributed by atoms with E-state index in [2.05, 4.69) is 15.4 Å². The zero-order valence-electron chi connectivity index (χ0n) is 15.7. The van der Waals surface area contributed by atoms with E-state index in [9.17, 15) is 24.6 Å². The molecule has 0 aliphatic heterocycles. The van der Waals surface area contributed by atoms with Crippen LogP contribution in [0.5, 0.6) is 0 Å². The van der Waals surface area contributed by atoms with Crippen molar-refractivity contribution in [1.29, 1.82) is 0 Å². The average molecular weight is 360 g/mol. The maximum Gasteiger partial charge on any atom is 0.338 e. The van der Waals surface area contributed by atoms with Gasteiger partial charge in [0.25, 0.3) is 5.91 Å². The maximum atomic E-state index is 12.3. The van der Waals surface area contributed by atoms with Crippen LogP contribution < -0.4 is 10.6 Å². The molecule has 0 saturated heterocycles. The summed E-state index contributed by atoms with van der Waals surface area (Å²) in [7, 11) is 0. The quantitative estimate of drug-likeness (QED) is 0.383. The number of esters is 1. The fraction of sp³-hybridized carbons (Fsp3) is 0.824. The Labute approximate surface area is 149 Å². The summed E-state index contributed by atoms with van der Waals surface area (Å²) in [5, 5.41) is 24.6. The van der Waals surface area contributed by atoms with E-state index >= 15 is 0 Å². The van der Waals surface area contributed by atoms with Crippen molar-refractivity contribution < 1.29 is 29.3 Å². The van der Waals surface area contributed by atoms with Gasteiger partial charge in [-0.05, 0) is 31.6 Å². The van der Waals surface area contributed by atoms with Gasteiger partial charge in [0.2, 0.25) is 5.91 Å². The Morgan fingerprint density at radius 3 is 2.04 bits per heavy atom. The van der Waals surface area contributed by atoms with Crippen molar-refractivity contribution in [2.75, 3.05) is 13.2 Å². The van der Waals surface area contributed by atoms with Crippen LogP contribution in [-0.2, 0) is 19.1 Å². The Kier molecular flexibility index (Phi) is 11.0. The van der Waals surface area contributed by atoms with E-state index in [1.165, 1.54) is 6.92 Å². The molecule has 0 aliphatic rings. The molecule has 0 fully saturated rings. The summed E-state index contributed by atoms with van der Waals surface area (Å²) >= 11 is 0. The molecule has 0 heterocycles. The number of rotatable bonds is 11. The van der Waals surface area contributed by atoms with Gasteiger partial charge in [0.05, 0.1) is 6.61 Å². The van der Waals surface area contributed by atoms with Gasteiger partial charge < -0.3 is 25.6 Å². The molecule has 25 heavy (non-hydrogen) atoms.